The normalized spacial score (nSPS) is 33.3. The summed E-state index contributed by atoms with van der Waals surface area (Å²) in [4.78, 5) is 36.4. The molecule has 3 fully saturated rings. The Hall–Kier alpha value is -1.93. The summed E-state index contributed by atoms with van der Waals surface area (Å²) in [5, 5.41) is 0. The Balaban J connectivity index is 1.99. The van der Waals surface area contributed by atoms with Crippen molar-refractivity contribution >= 4 is 26.2 Å². The van der Waals surface area contributed by atoms with Gasteiger partial charge in [0.25, 0.3) is 0 Å². The lowest BCUT2D eigenvalue weighted by molar-refractivity contribution is -0.184. The summed E-state index contributed by atoms with van der Waals surface area (Å²) in [5.74, 6) is -0.743. The molecule has 0 aromatic rings. The van der Waals surface area contributed by atoms with Gasteiger partial charge >= 0.3 is 17.9 Å². The number of ether oxygens (including phenoxy) is 3. The van der Waals surface area contributed by atoms with Crippen molar-refractivity contribution in [3.05, 3.63) is 23.8 Å². The average Bonchev–Trinajstić information content (AvgIpc) is 3.18. The summed E-state index contributed by atoms with van der Waals surface area (Å²) >= 11 is 0. The minimum atomic E-state index is -2.16. The SMILES string of the molecule is C=C1CC[C@@H]2[C@](C)(CO[Si](C(C)C)(C(C)C)C(C)C)[C@H](OC(C)=O)CC[C@@]2(C)[C@@H]1C/C=C1/C(=O)OC[C@H]1OC(C)=O. The third-order valence-electron chi connectivity index (χ3n) is 10.8. The van der Waals surface area contributed by atoms with Crippen molar-refractivity contribution in [1.29, 1.82) is 0 Å². The Morgan fingerprint density at radius 3 is 2.15 bits per heavy atom. The average molecular weight is 591 g/mol. The highest BCUT2D eigenvalue weighted by molar-refractivity contribution is 6.77. The van der Waals surface area contributed by atoms with Gasteiger partial charge in [-0.2, -0.15) is 0 Å². The monoisotopic (exact) mass is 590 g/mol. The lowest BCUT2D eigenvalue weighted by Gasteiger charge is -2.61. The number of hydrogen-bond donors (Lipinski definition) is 0. The predicted molar refractivity (Wildman–Crippen MR) is 163 cm³/mol. The van der Waals surface area contributed by atoms with E-state index in [1.54, 1.807) is 0 Å². The van der Waals surface area contributed by atoms with Gasteiger partial charge in [0.2, 0.25) is 0 Å². The zero-order valence-electron chi connectivity index (χ0n) is 27.1. The molecule has 8 heteroatoms. The van der Waals surface area contributed by atoms with Crippen LogP contribution in [0, 0.1) is 22.7 Å². The first kappa shape index (κ1) is 33.6. The summed E-state index contributed by atoms with van der Waals surface area (Å²) < 4.78 is 23.9. The van der Waals surface area contributed by atoms with Crippen LogP contribution < -0.4 is 0 Å². The molecule has 0 spiro atoms. The highest BCUT2D eigenvalue weighted by Crippen LogP contribution is 2.63. The molecule has 6 atom stereocenters. The van der Waals surface area contributed by atoms with Crippen LogP contribution in [0.5, 0.6) is 0 Å². The first-order chi connectivity index (χ1) is 19.0. The zero-order valence-corrected chi connectivity index (χ0v) is 28.1. The summed E-state index contributed by atoms with van der Waals surface area (Å²) in [6.07, 6.45) is 5.10. The molecule has 1 saturated heterocycles. The molecule has 0 N–H and O–H groups in total. The Morgan fingerprint density at radius 2 is 1.61 bits per heavy atom. The molecule has 41 heavy (non-hydrogen) atoms. The van der Waals surface area contributed by atoms with Crippen LogP contribution in [0.25, 0.3) is 0 Å². The lowest BCUT2D eigenvalue weighted by atomic mass is 9.46. The second kappa shape index (κ2) is 12.7. The molecule has 0 aromatic carbocycles. The molecule has 232 valence electrons. The first-order valence-corrected chi connectivity index (χ1v) is 17.7. The van der Waals surface area contributed by atoms with Gasteiger partial charge in [-0.05, 0) is 66.0 Å². The topological polar surface area (TPSA) is 88.1 Å². The van der Waals surface area contributed by atoms with E-state index in [-0.39, 0.29) is 41.3 Å². The van der Waals surface area contributed by atoms with Crippen molar-refractivity contribution in [2.75, 3.05) is 13.2 Å². The van der Waals surface area contributed by atoms with Gasteiger partial charge in [0.1, 0.15) is 12.7 Å². The number of esters is 3. The molecule has 0 amide bonds. The number of hydrogen-bond acceptors (Lipinski definition) is 7. The summed E-state index contributed by atoms with van der Waals surface area (Å²) in [5.41, 5.74) is 2.47. The summed E-state index contributed by atoms with van der Waals surface area (Å²) in [6.45, 7) is 26.4. The van der Waals surface area contributed by atoms with Crippen LogP contribution in [0.15, 0.2) is 23.8 Å². The number of carbonyl (C=O) groups is 3. The van der Waals surface area contributed by atoms with Crippen LogP contribution in [-0.4, -0.2) is 51.6 Å². The molecule has 2 aliphatic carbocycles. The molecule has 3 rings (SSSR count). The fourth-order valence-electron chi connectivity index (χ4n) is 8.99. The fourth-order valence-corrected chi connectivity index (χ4v) is 14.5. The molecule has 7 nitrogen and oxygen atoms in total. The second-order valence-electron chi connectivity index (χ2n) is 14.1. The molecular formula is C33H54O7Si. The molecular weight excluding hydrogens is 536 g/mol. The van der Waals surface area contributed by atoms with Gasteiger partial charge < -0.3 is 18.6 Å². The van der Waals surface area contributed by atoms with E-state index in [1.807, 2.05) is 6.08 Å². The van der Waals surface area contributed by atoms with E-state index < -0.39 is 26.4 Å². The van der Waals surface area contributed by atoms with Crippen molar-refractivity contribution in [2.45, 2.75) is 130 Å². The predicted octanol–water partition coefficient (Wildman–Crippen LogP) is 7.30. The van der Waals surface area contributed by atoms with E-state index in [0.29, 0.717) is 35.2 Å². The fraction of sp³-hybridized carbons (Fsp3) is 0.788. The molecule has 3 aliphatic rings. The van der Waals surface area contributed by atoms with Crippen molar-refractivity contribution in [2.24, 2.45) is 22.7 Å². The quantitative estimate of drug-likeness (QED) is 0.0867. The van der Waals surface area contributed by atoms with Crippen LogP contribution in [0.3, 0.4) is 0 Å². The third-order valence-corrected chi connectivity index (χ3v) is 16.9. The van der Waals surface area contributed by atoms with Crippen LogP contribution in [0.4, 0.5) is 0 Å². The first-order valence-electron chi connectivity index (χ1n) is 15.5. The number of rotatable bonds is 10. The Labute approximate surface area is 248 Å². The summed E-state index contributed by atoms with van der Waals surface area (Å²) in [7, 11) is -2.16. The van der Waals surface area contributed by atoms with E-state index in [4.69, 9.17) is 18.6 Å². The standard InChI is InChI=1S/C33H54O7Si/c1-20(2)41(21(3)4,22(5)6)38-19-33(11)29-15-12-23(7)27(32(29,10)17-16-30(33)40-25(9)35)14-13-26-28(39-24(8)34)18-37-31(26)36/h13,20-22,27-30H,7,12,14-19H2,1-6,8-11H3/b26-13+/t27-,28-,29+,30-,32+,33+/m1/s1. The number of fused-ring (bicyclic) bond motifs is 1. The van der Waals surface area contributed by atoms with Crippen LogP contribution in [-0.2, 0) is 33.0 Å². The highest BCUT2D eigenvalue weighted by Gasteiger charge is 2.60. The zero-order chi connectivity index (χ0) is 30.9. The van der Waals surface area contributed by atoms with Gasteiger partial charge in [0.05, 0.1) is 5.57 Å². The molecule has 1 aliphatic heterocycles. The van der Waals surface area contributed by atoms with Crippen LogP contribution >= 0.6 is 0 Å². The Bertz CT molecular complexity index is 1020. The van der Waals surface area contributed by atoms with Crippen molar-refractivity contribution in [3.8, 4) is 0 Å². The molecule has 2 saturated carbocycles. The van der Waals surface area contributed by atoms with Crippen molar-refractivity contribution < 1.29 is 33.0 Å². The van der Waals surface area contributed by atoms with Gasteiger partial charge in [0, 0.05) is 25.9 Å². The molecule has 0 unspecified atom stereocenters. The smallest absolute Gasteiger partial charge is 0.337 e. The number of cyclic esters (lactones) is 1. The third kappa shape index (κ3) is 6.38. The van der Waals surface area contributed by atoms with Crippen molar-refractivity contribution in [1.82, 2.24) is 0 Å². The molecule has 1 heterocycles. The van der Waals surface area contributed by atoms with Gasteiger partial charge in [-0.25, -0.2) is 4.79 Å². The Kier molecular flexibility index (Phi) is 10.4. The van der Waals surface area contributed by atoms with Crippen LogP contribution in [0.1, 0.15) is 101 Å². The second-order valence-corrected chi connectivity index (χ2v) is 19.6. The van der Waals surface area contributed by atoms with E-state index >= 15 is 0 Å². The molecule has 0 bridgehead atoms. The Morgan fingerprint density at radius 1 is 1.02 bits per heavy atom. The largest absolute Gasteiger partial charge is 0.462 e. The maximum absolute atomic E-state index is 12.5. The number of allylic oxidation sites excluding steroid dienone is 2. The highest BCUT2D eigenvalue weighted by atomic mass is 28.4. The van der Waals surface area contributed by atoms with Crippen molar-refractivity contribution in [3.63, 3.8) is 0 Å². The van der Waals surface area contributed by atoms with Gasteiger partial charge in [0.15, 0.2) is 14.4 Å². The molecule has 0 aromatic heterocycles. The van der Waals surface area contributed by atoms with Crippen LogP contribution in [0.2, 0.25) is 16.6 Å². The van der Waals surface area contributed by atoms with Gasteiger partial charge in [-0.15, -0.1) is 0 Å². The maximum atomic E-state index is 12.5. The van der Waals surface area contributed by atoms with Gasteiger partial charge in [-0.3, -0.25) is 9.59 Å². The number of carbonyl (C=O) groups excluding carboxylic acids is 3. The summed E-state index contributed by atoms with van der Waals surface area (Å²) in [6, 6.07) is 0. The molecule has 0 radical (unpaired) electrons. The lowest BCUT2D eigenvalue weighted by Crippen LogP contribution is -2.60. The van der Waals surface area contributed by atoms with E-state index in [1.165, 1.54) is 19.4 Å². The minimum absolute atomic E-state index is 0.0580. The van der Waals surface area contributed by atoms with E-state index in [0.717, 1.165) is 25.7 Å². The maximum Gasteiger partial charge on any atom is 0.337 e. The van der Waals surface area contributed by atoms with E-state index in [9.17, 15) is 14.4 Å². The van der Waals surface area contributed by atoms with Gasteiger partial charge in [-0.1, -0.05) is 73.6 Å². The minimum Gasteiger partial charge on any atom is -0.462 e. The van der Waals surface area contributed by atoms with E-state index in [2.05, 4.69) is 62.0 Å².